The zero-order valence-corrected chi connectivity index (χ0v) is 12.7. The molecule has 0 radical (unpaired) electrons. The summed E-state index contributed by atoms with van der Waals surface area (Å²) < 4.78 is 5.03. The summed E-state index contributed by atoms with van der Waals surface area (Å²) in [6.45, 7) is 3.52. The second-order valence-electron chi connectivity index (χ2n) is 4.99. The maximum Gasteiger partial charge on any atom is 0.246 e. The van der Waals surface area contributed by atoms with E-state index in [1.807, 2.05) is 19.1 Å². The monoisotopic (exact) mass is 310 g/mol. The second kappa shape index (κ2) is 7.43. The third kappa shape index (κ3) is 4.44. The number of carbonyl (C=O) groups excluding carboxylic acids is 2. The van der Waals surface area contributed by atoms with Crippen molar-refractivity contribution in [3.05, 3.63) is 29.3 Å². The van der Waals surface area contributed by atoms with Crippen molar-refractivity contribution < 1.29 is 14.3 Å². The largest absolute Gasteiger partial charge is 0.372 e. The van der Waals surface area contributed by atoms with Gasteiger partial charge >= 0.3 is 0 Å². The molecule has 1 aromatic carbocycles. The molecule has 1 N–H and O–H groups in total. The standard InChI is InChI=1S/C15H19ClN2O3/c1-2-21-10-14(19)17-8-11-7-15(20)18(9-11)13-5-3-12(16)4-6-13/h3-6,11H,2,7-10H2,1H3,(H,17,19)/t11-/m1/s1. The van der Waals surface area contributed by atoms with Crippen molar-refractivity contribution in [1.82, 2.24) is 5.32 Å². The number of nitrogens with zero attached hydrogens (tertiary/aromatic N) is 1. The molecule has 5 nitrogen and oxygen atoms in total. The predicted molar refractivity (Wildman–Crippen MR) is 81.4 cm³/mol. The number of anilines is 1. The molecule has 2 rings (SSSR count). The lowest BCUT2D eigenvalue weighted by molar-refractivity contribution is -0.125. The van der Waals surface area contributed by atoms with Gasteiger partial charge in [0.25, 0.3) is 0 Å². The summed E-state index contributed by atoms with van der Waals surface area (Å²) in [6, 6.07) is 7.19. The van der Waals surface area contributed by atoms with E-state index in [0.717, 1.165) is 5.69 Å². The van der Waals surface area contributed by atoms with Crippen LogP contribution in [0.15, 0.2) is 24.3 Å². The van der Waals surface area contributed by atoms with Gasteiger partial charge in [0.1, 0.15) is 6.61 Å². The number of benzene rings is 1. The fourth-order valence-corrected chi connectivity index (χ4v) is 2.42. The first-order chi connectivity index (χ1) is 10.1. The Hall–Kier alpha value is -1.59. The van der Waals surface area contributed by atoms with Crippen LogP contribution >= 0.6 is 11.6 Å². The Kier molecular flexibility index (Phi) is 5.59. The topological polar surface area (TPSA) is 58.6 Å². The fraction of sp³-hybridized carbons (Fsp3) is 0.467. The molecule has 6 heteroatoms. The van der Waals surface area contributed by atoms with Gasteiger partial charge in [-0.05, 0) is 31.2 Å². The number of hydrogen-bond donors (Lipinski definition) is 1. The molecule has 2 amide bonds. The average Bonchev–Trinajstić information content (AvgIpc) is 2.85. The number of rotatable bonds is 6. The highest BCUT2D eigenvalue weighted by Gasteiger charge is 2.30. The molecule has 0 aliphatic carbocycles. The van der Waals surface area contributed by atoms with E-state index in [1.165, 1.54) is 0 Å². The Labute approximate surface area is 129 Å². The lowest BCUT2D eigenvalue weighted by Gasteiger charge is -2.17. The molecule has 0 saturated carbocycles. The van der Waals surface area contributed by atoms with Crippen LogP contribution in [0.1, 0.15) is 13.3 Å². The Morgan fingerprint density at radius 3 is 2.81 bits per heavy atom. The first kappa shape index (κ1) is 15.8. The van der Waals surface area contributed by atoms with Gasteiger partial charge in [0.15, 0.2) is 0 Å². The SMILES string of the molecule is CCOCC(=O)NC[C@H]1CC(=O)N(c2ccc(Cl)cc2)C1. The number of halogens is 1. The molecule has 0 spiro atoms. The fourth-order valence-electron chi connectivity index (χ4n) is 2.29. The second-order valence-corrected chi connectivity index (χ2v) is 5.43. The zero-order valence-electron chi connectivity index (χ0n) is 12.0. The van der Waals surface area contributed by atoms with Crippen LogP contribution in [-0.4, -0.2) is 38.1 Å². The van der Waals surface area contributed by atoms with E-state index < -0.39 is 0 Å². The molecular formula is C15H19ClN2O3. The van der Waals surface area contributed by atoms with Crippen LogP contribution in [0, 0.1) is 5.92 Å². The zero-order chi connectivity index (χ0) is 15.2. The van der Waals surface area contributed by atoms with Crippen LogP contribution in [-0.2, 0) is 14.3 Å². The van der Waals surface area contributed by atoms with Gasteiger partial charge in [-0.25, -0.2) is 0 Å². The lowest BCUT2D eigenvalue weighted by atomic mass is 10.1. The summed E-state index contributed by atoms with van der Waals surface area (Å²) in [6.07, 6.45) is 0.442. The molecule has 1 atom stereocenters. The van der Waals surface area contributed by atoms with Crippen molar-refractivity contribution in [1.29, 1.82) is 0 Å². The minimum Gasteiger partial charge on any atom is -0.372 e. The summed E-state index contributed by atoms with van der Waals surface area (Å²) >= 11 is 5.85. The van der Waals surface area contributed by atoms with Gasteiger partial charge in [-0.2, -0.15) is 0 Å². The van der Waals surface area contributed by atoms with E-state index in [9.17, 15) is 9.59 Å². The summed E-state index contributed by atoms with van der Waals surface area (Å²) in [4.78, 5) is 25.3. The maximum atomic E-state index is 12.0. The third-order valence-corrected chi connectivity index (χ3v) is 3.62. The Balaban J connectivity index is 1.85. The maximum absolute atomic E-state index is 12.0. The van der Waals surface area contributed by atoms with Crippen molar-refractivity contribution in [2.75, 3.05) is 31.2 Å². The highest BCUT2D eigenvalue weighted by Crippen LogP contribution is 2.25. The van der Waals surface area contributed by atoms with Gasteiger partial charge < -0.3 is 15.0 Å². The van der Waals surface area contributed by atoms with Gasteiger partial charge in [0.05, 0.1) is 0 Å². The molecule has 0 bridgehead atoms. The Bertz CT molecular complexity index is 504. The molecular weight excluding hydrogens is 292 g/mol. The highest BCUT2D eigenvalue weighted by atomic mass is 35.5. The van der Waals surface area contributed by atoms with E-state index in [4.69, 9.17) is 16.3 Å². The molecule has 114 valence electrons. The summed E-state index contributed by atoms with van der Waals surface area (Å²) in [5, 5.41) is 3.44. The Morgan fingerprint density at radius 2 is 2.14 bits per heavy atom. The lowest BCUT2D eigenvalue weighted by Crippen LogP contribution is -2.33. The van der Waals surface area contributed by atoms with Crippen LogP contribution in [0.25, 0.3) is 0 Å². The molecule has 0 aromatic heterocycles. The number of amides is 2. The van der Waals surface area contributed by atoms with Gasteiger partial charge in [-0.1, -0.05) is 11.6 Å². The van der Waals surface area contributed by atoms with E-state index in [2.05, 4.69) is 5.32 Å². The number of ether oxygens (including phenoxy) is 1. The number of hydrogen-bond acceptors (Lipinski definition) is 3. The van der Waals surface area contributed by atoms with Crippen LogP contribution in [0.5, 0.6) is 0 Å². The summed E-state index contributed by atoms with van der Waals surface area (Å²) in [5.74, 6) is 0.0503. The molecule has 0 unspecified atom stereocenters. The minimum atomic E-state index is -0.144. The molecule has 1 saturated heterocycles. The van der Waals surface area contributed by atoms with Crippen LogP contribution < -0.4 is 10.2 Å². The Morgan fingerprint density at radius 1 is 1.43 bits per heavy atom. The molecule has 1 aromatic rings. The van der Waals surface area contributed by atoms with E-state index in [-0.39, 0.29) is 24.3 Å². The normalized spacial score (nSPS) is 18.1. The summed E-state index contributed by atoms with van der Waals surface area (Å²) in [5.41, 5.74) is 0.840. The van der Waals surface area contributed by atoms with Gasteiger partial charge in [0.2, 0.25) is 11.8 Å². The van der Waals surface area contributed by atoms with E-state index in [0.29, 0.717) is 31.1 Å². The van der Waals surface area contributed by atoms with Crippen molar-refractivity contribution in [2.24, 2.45) is 5.92 Å². The summed E-state index contributed by atoms with van der Waals surface area (Å²) in [7, 11) is 0. The van der Waals surface area contributed by atoms with Crippen molar-refractivity contribution in [3.8, 4) is 0 Å². The quantitative estimate of drug-likeness (QED) is 0.872. The van der Waals surface area contributed by atoms with Crippen LogP contribution in [0.2, 0.25) is 5.02 Å². The minimum absolute atomic E-state index is 0.0675. The molecule has 21 heavy (non-hydrogen) atoms. The molecule has 1 fully saturated rings. The van der Waals surface area contributed by atoms with E-state index >= 15 is 0 Å². The van der Waals surface area contributed by atoms with Crippen molar-refractivity contribution in [2.45, 2.75) is 13.3 Å². The highest BCUT2D eigenvalue weighted by molar-refractivity contribution is 6.30. The smallest absolute Gasteiger partial charge is 0.246 e. The van der Waals surface area contributed by atoms with E-state index in [1.54, 1.807) is 17.0 Å². The van der Waals surface area contributed by atoms with Crippen LogP contribution in [0.3, 0.4) is 0 Å². The predicted octanol–water partition coefficient (Wildman–Crippen LogP) is 1.85. The first-order valence-corrected chi connectivity index (χ1v) is 7.38. The van der Waals surface area contributed by atoms with Gasteiger partial charge in [-0.3, -0.25) is 9.59 Å². The molecule has 1 aliphatic rings. The van der Waals surface area contributed by atoms with Gasteiger partial charge in [-0.15, -0.1) is 0 Å². The number of nitrogens with one attached hydrogen (secondary N) is 1. The first-order valence-electron chi connectivity index (χ1n) is 7.00. The molecule has 1 aliphatic heterocycles. The van der Waals surface area contributed by atoms with Gasteiger partial charge in [0, 0.05) is 42.7 Å². The van der Waals surface area contributed by atoms with Crippen molar-refractivity contribution in [3.63, 3.8) is 0 Å². The van der Waals surface area contributed by atoms with Crippen LogP contribution in [0.4, 0.5) is 5.69 Å². The average molecular weight is 311 g/mol. The number of carbonyl (C=O) groups is 2. The molecule has 1 heterocycles. The van der Waals surface area contributed by atoms with Crippen molar-refractivity contribution >= 4 is 29.1 Å². The third-order valence-electron chi connectivity index (χ3n) is 3.37.